The molecule has 122 valence electrons. The molecular formula is C18H14F2N2OS. The van der Waals surface area contributed by atoms with E-state index < -0.39 is 23.1 Å². The first-order valence-corrected chi connectivity index (χ1v) is 8.12. The van der Waals surface area contributed by atoms with Crippen LogP contribution in [0.4, 0.5) is 13.9 Å². The predicted molar refractivity (Wildman–Crippen MR) is 91.3 cm³/mol. The van der Waals surface area contributed by atoms with Crippen LogP contribution in [0.5, 0.6) is 0 Å². The van der Waals surface area contributed by atoms with Gasteiger partial charge in [-0.3, -0.25) is 10.1 Å². The molecule has 2 aromatic carbocycles. The average Bonchev–Trinajstić information content (AvgIpc) is 2.98. The number of aromatic nitrogens is 1. The van der Waals surface area contributed by atoms with Crippen LogP contribution in [0.15, 0.2) is 41.8 Å². The van der Waals surface area contributed by atoms with Gasteiger partial charge in [-0.15, -0.1) is 11.3 Å². The molecule has 0 radical (unpaired) electrons. The Kier molecular flexibility index (Phi) is 4.40. The maximum atomic E-state index is 13.6. The van der Waals surface area contributed by atoms with Crippen molar-refractivity contribution in [2.45, 2.75) is 13.8 Å². The fourth-order valence-electron chi connectivity index (χ4n) is 2.24. The Morgan fingerprint density at radius 2 is 1.79 bits per heavy atom. The second-order valence-electron chi connectivity index (χ2n) is 5.39. The summed E-state index contributed by atoms with van der Waals surface area (Å²) >= 11 is 1.20. The molecule has 1 heterocycles. The molecule has 24 heavy (non-hydrogen) atoms. The highest BCUT2D eigenvalue weighted by Crippen LogP contribution is 2.27. The van der Waals surface area contributed by atoms with Crippen molar-refractivity contribution in [3.05, 3.63) is 70.1 Å². The second-order valence-corrected chi connectivity index (χ2v) is 6.25. The van der Waals surface area contributed by atoms with Crippen LogP contribution < -0.4 is 5.32 Å². The lowest BCUT2D eigenvalue weighted by atomic mass is 10.1. The molecule has 0 saturated heterocycles. The van der Waals surface area contributed by atoms with Crippen LogP contribution >= 0.6 is 11.3 Å². The number of hydrogen-bond acceptors (Lipinski definition) is 3. The number of halogens is 2. The number of nitrogens with one attached hydrogen (secondary N) is 1. The van der Waals surface area contributed by atoms with E-state index in [0.717, 1.165) is 23.3 Å². The lowest BCUT2D eigenvalue weighted by Gasteiger charge is -2.04. The number of rotatable bonds is 3. The molecule has 0 fully saturated rings. The molecule has 0 unspecified atom stereocenters. The molecule has 6 heteroatoms. The zero-order valence-electron chi connectivity index (χ0n) is 13.1. The molecule has 0 aliphatic rings. The van der Waals surface area contributed by atoms with Gasteiger partial charge in [0, 0.05) is 10.9 Å². The Balaban J connectivity index is 1.83. The van der Waals surface area contributed by atoms with Gasteiger partial charge in [-0.2, -0.15) is 0 Å². The van der Waals surface area contributed by atoms with Crippen molar-refractivity contribution in [2.24, 2.45) is 0 Å². The first-order chi connectivity index (χ1) is 11.5. The number of thiazole rings is 1. The minimum absolute atomic E-state index is 0.288. The SMILES string of the molecule is Cc1ccc(-c2csc(NC(=O)c3c(F)cccc3F)n2)cc1C. The molecule has 1 amide bonds. The van der Waals surface area contributed by atoms with E-state index in [4.69, 9.17) is 0 Å². The number of nitrogens with zero attached hydrogens (tertiary/aromatic N) is 1. The lowest BCUT2D eigenvalue weighted by Crippen LogP contribution is -2.15. The molecule has 1 N–H and O–H groups in total. The average molecular weight is 344 g/mol. The van der Waals surface area contributed by atoms with E-state index in [0.29, 0.717) is 5.69 Å². The third-order valence-corrected chi connectivity index (χ3v) is 4.47. The van der Waals surface area contributed by atoms with Crippen molar-refractivity contribution in [1.82, 2.24) is 4.98 Å². The summed E-state index contributed by atoms with van der Waals surface area (Å²) < 4.78 is 27.3. The fourth-order valence-corrected chi connectivity index (χ4v) is 2.95. The third-order valence-electron chi connectivity index (χ3n) is 3.72. The molecule has 0 spiro atoms. The van der Waals surface area contributed by atoms with Gasteiger partial charge in [0.2, 0.25) is 0 Å². The van der Waals surface area contributed by atoms with E-state index in [1.165, 1.54) is 23.0 Å². The summed E-state index contributed by atoms with van der Waals surface area (Å²) in [6, 6.07) is 9.24. The van der Waals surface area contributed by atoms with Gasteiger partial charge in [-0.25, -0.2) is 13.8 Å². The summed E-state index contributed by atoms with van der Waals surface area (Å²) in [5.74, 6) is -2.66. The Morgan fingerprint density at radius 1 is 1.08 bits per heavy atom. The van der Waals surface area contributed by atoms with Gasteiger partial charge in [-0.05, 0) is 43.2 Å². The molecule has 0 bridgehead atoms. The predicted octanol–water partition coefficient (Wildman–Crippen LogP) is 4.96. The second kappa shape index (κ2) is 6.49. The molecular weight excluding hydrogens is 330 g/mol. The molecule has 1 aromatic heterocycles. The summed E-state index contributed by atoms with van der Waals surface area (Å²) in [5.41, 5.74) is 3.33. The van der Waals surface area contributed by atoms with Crippen LogP contribution in [-0.2, 0) is 0 Å². The number of benzene rings is 2. The molecule has 3 nitrogen and oxygen atoms in total. The normalized spacial score (nSPS) is 10.7. The highest BCUT2D eigenvalue weighted by molar-refractivity contribution is 7.14. The van der Waals surface area contributed by atoms with Crippen molar-refractivity contribution < 1.29 is 13.6 Å². The van der Waals surface area contributed by atoms with Gasteiger partial charge in [0.05, 0.1) is 5.69 Å². The third kappa shape index (κ3) is 3.19. The fraction of sp³-hybridized carbons (Fsp3) is 0.111. The van der Waals surface area contributed by atoms with Crippen molar-refractivity contribution in [3.63, 3.8) is 0 Å². The Hall–Kier alpha value is -2.60. The Bertz CT molecular complexity index is 901. The Labute approximate surface area is 142 Å². The quantitative estimate of drug-likeness (QED) is 0.730. The van der Waals surface area contributed by atoms with E-state index in [9.17, 15) is 13.6 Å². The zero-order valence-corrected chi connectivity index (χ0v) is 13.9. The van der Waals surface area contributed by atoms with Gasteiger partial charge in [-0.1, -0.05) is 18.2 Å². The van der Waals surface area contributed by atoms with Crippen molar-refractivity contribution in [3.8, 4) is 11.3 Å². The van der Waals surface area contributed by atoms with E-state index >= 15 is 0 Å². The zero-order chi connectivity index (χ0) is 17.3. The monoisotopic (exact) mass is 344 g/mol. The van der Waals surface area contributed by atoms with Crippen LogP contribution in [0, 0.1) is 25.5 Å². The molecule has 3 aromatic rings. The van der Waals surface area contributed by atoms with Crippen LogP contribution in [-0.4, -0.2) is 10.9 Å². The topological polar surface area (TPSA) is 42.0 Å². The maximum absolute atomic E-state index is 13.6. The number of hydrogen-bond donors (Lipinski definition) is 1. The summed E-state index contributed by atoms with van der Waals surface area (Å²) in [7, 11) is 0. The molecule has 0 aliphatic heterocycles. The summed E-state index contributed by atoms with van der Waals surface area (Å²) in [5, 5.41) is 4.52. The van der Waals surface area contributed by atoms with Crippen LogP contribution in [0.1, 0.15) is 21.5 Å². The minimum Gasteiger partial charge on any atom is -0.298 e. The van der Waals surface area contributed by atoms with Gasteiger partial charge in [0.15, 0.2) is 5.13 Å². The van der Waals surface area contributed by atoms with Crippen LogP contribution in [0.25, 0.3) is 11.3 Å². The summed E-state index contributed by atoms with van der Waals surface area (Å²) in [6.45, 7) is 4.03. The van der Waals surface area contributed by atoms with Gasteiger partial charge >= 0.3 is 0 Å². The van der Waals surface area contributed by atoms with Crippen molar-refractivity contribution >= 4 is 22.4 Å². The standard InChI is InChI=1S/C18H14F2N2OS/c1-10-6-7-12(8-11(10)2)15-9-24-18(21-15)22-17(23)16-13(19)4-3-5-14(16)20/h3-9H,1-2H3,(H,21,22,23). The largest absolute Gasteiger partial charge is 0.298 e. The number of anilines is 1. The van der Waals surface area contributed by atoms with Gasteiger partial charge in [0.1, 0.15) is 17.2 Å². The number of aryl methyl sites for hydroxylation is 2. The van der Waals surface area contributed by atoms with Crippen LogP contribution in [0.2, 0.25) is 0 Å². The summed E-state index contributed by atoms with van der Waals surface area (Å²) in [4.78, 5) is 16.4. The highest BCUT2D eigenvalue weighted by atomic mass is 32.1. The van der Waals surface area contributed by atoms with E-state index in [1.807, 2.05) is 32.0 Å². The minimum atomic E-state index is -0.904. The number of carbonyl (C=O) groups is 1. The molecule has 0 aliphatic carbocycles. The van der Waals surface area contributed by atoms with E-state index in [1.54, 1.807) is 5.38 Å². The highest BCUT2D eigenvalue weighted by Gasteiger charge is 2.18. The first kappa shape index (κ1) is 16.3. The first-order valence-electron chi connectivity index (χ1n) is 7.24. The summed E-state index contributed by atoms with van der Waals surface area (Å²) in [6.07, 6.45) is 0. The van der Waals surface area contributed by atoms with Gasteiger partial charge < -0.3 is 0 Å². The molecule has 3 rings (SSSR count). The lowest BCUT2D eigenvalue weighted by molar-refractivity contribution is 0.101. The maximum Gasteiger partial charge on any atom is 0.263 e. The van der Waals surface area contributed by atoms with Crippen molar-refractivity contribution in [1.29, 1.82) is 0 Å². The molecule has 0 atom stereocenters. The van der Waals surface area contributed by atoms with Crippen LogP contribution in [0.3, 0.4) is 0 Å². The molecule has 0 saturated carbocycles. The van der Waals surface area contributed by atoms with E-state index in [-0.39, 0.29) is 5.13 Å². The van der Waals surface area contributed by atoms with Gasteiger partial charge in [0.25, 0.3) is 5.91 Å². The Morgan fingerprint density at radius 3 is 2.46 bits per heavy atom. The van der Waals surface area contributed by atoms with Crippen molar-refractivity contribution in [2.75, 3.05) is 5.32 Å². The number of amides is 1. The number of carbonyl (C=O) groups excluding carboxylic acids is 1. The smallest absolute Gasteiger partial charge is 0.263 e. The van der Waals surface area contributed by atoms with E-state index in [2.05, 4.69) is 10.3 Å².